The molecule has 0 aromatic carbocycles. The Labute approximate surface area is 112 Å². The summed E-state index contributed by atoms with van der Waals surface area (Å²) in [4.78, 5) is 10.5. The topological polar surface area (TPSA) is 144 Å². The number of amides is 1. The molecule has 0 aromatic heterocycles. The van der Waals surface area contributed by atoms with E-state index in [1.165, 1.54) is 0 Å². The van der Waals surface area contributed by atoms with Crippen molar-refractivity contribution in [3.05, 3.63) is 0 Å². The van der Waals surface area contributed by atoms with Gasteiger partial charge in [0.05, 0.1) is 12.7 Å². The zero-order valence-corrected chi connectivity index (χ0v) is 11.0. The molecule has 0 aliphatic rings. The normalized spacial score (nSPS) is 17.7. The summed E-state index contributed by atoms with van der Waals surface area (Å²) in [6.45, 7) is -0.682. The maximum absolute atomic E-state index is 10.5. The highest BCUT2D eigenvalue weighted by molar-refractivity contribution is 5.73. The standard InChI is InChI=1S/C12H25NO6/c13-10(17)6-4-2-1-3-5-8(15)11(18)12(19)9(16)7-14/h8-9,11-12,14-16,18-19H,1-7H2,(H2,13,17). The number of aliphatic hydroxyl groups is 5. The van der Waals surface area contributed by atoms with Crippen LogP contribution in [0.3, 0.4) is 0 Å². The van der Waals surface area contributed by atoms with E-state index in [2.05, 4.69) is 0 Å². The zero-order valence-electron chi connectivity index (χ0n) is 11.0. The number of hydrogen-bond donors (Lipinski definition) is 6. The summed E-state index contributed by atoms with van der Waals surface area (Å²) < 4.78 is 0. The van der Waals surface area contributed by atoms with Crippen LogP contribution in [0.5, 0.6) is 0 Å². The minimum absolute atomic E-state index is 0.271. The molecule has 0 bridgehead atoms. The van der Waals surface area contributed by atoms with Crippen molar-refractivity contribution >= 4 is 5.91 Å². The van der Waals surface area contributed by atoms with Crippen LogP contribution >= 0.6 is 0 Å². The first-order chi connectivity index (χ1) is 8.90. The van der Waals surface area contributed by atoms with Gasteiger partial charge in [0, 0.05) is 6.42 Å². The molecule has 0 saturated carbocycles. The zero-order chi connectivity index (χ0) is 14.8. The van der Waals surface area contributed by atoms with Crippen molar-refractivity contribution in [1.82, 2.24) is 0 Å². The molecule has 7 nitrogen and oxygen atoms in total. The molecule has 0 fully saturated rings. The number of hydrogen-bond acceptors (Lipinski definition) is 6. The van der Waals surface area contributed by atoms with Crippen molar-refractivity contribution < 1.29 is 30.3 Å². The smallest absolute Gasteiger partial charge is 0.217 e. The van der Waals surface area contributed by atoms with Crippen LogP contribution < -0.4 is 5.73 Å². The number of rotatable bonds is 11. The molecule has 0 spiro atoms. The van der Waals surface area contributed by atoms with Crippen LogP contribution in [-0.4, -0.2) is 62.5 Å². The quantitative estimate of drug-likeness (QED) is 0.247. The van der Waals surface area contributed by atoms with Crippen LogP contribution in [0.25, 0.3) is 0 Å². The summed E-state index contributed by atoms with van der Waals surface area (Å²) in [7, 11) is 0. The van der Waals surface area contributed by atoms with E-state index in [0.717, 1.165) is 12.8 Å². The monoisotopic (exact) mass is 279 g/mol. The molecule has 0 radical (unpaired) electrons. The molecule has 19 heavy (non-hydrogen) atoms. The Morgan fingerprint density at radius 3 is 1.95 bits per heavy atom. The first kappa shape index (κ1) is 18.3. The van der Waals surface area contributed by atoms with Gasteiger partial charge in [-0.15, -0.1) is 0 Å². The van der Waals surface area contributed by atoms with E-state index in [4.69, 9.17) is 15.9 Å². The molecule has 0 aliphatic carbocycles. The van der Waals surface area contributed by atoms with Crippen LogP contribution in [-0.2, 0) is 4.79 Å². The van der Waals surface area contributed by atoms with E-state index >= 15 is 0 Å². The maximum Gasteiger partial charge on any atom is 0.217 e. The predicted octanol–water partition coefficient (Wildman–Crippen LogP) is -1.75. The van der Waals surface area contributed by atoms with Crippen molar-refractivity contribution in [2.75, 3.05) is 6.61 Å². The lowest BCUT2D eigenvalue weighted by molar-refractivity contribution is -0.118. The molecule has 7 N–H and O–H groups in total. The Bertz CT molecular complexity index is 250. The Hall–Kier alpha value is -0.730. The van der Waals surface area contributed by atoms with E-state index in [1.54, 1.807) is 0 Å². The number of carbonyl (C=O) groups is 1. The van der Waals surface area contributed by atoms with E-state index in [-0.39, 0.29) is 12.3 Å². The molecule has 7 heteroatoms. The van der Waals surface area contributed by atoms with Gasteiger partial charge in [0.15, 0.2) is 0 Å². The lowest BCUT2D eigenvalue weighted by atomic mass is 9.98. The fraction of sp³-hybridized carbons (Fsp3) is 0.917. The van der Waals surface area contributed by atoms with Gasteiger partial charge in [-0.3, -0.25) is 4.79 Å². The van der Waals surface area contributed by atoms with E-state index in [0.29, 0.717) is 19.3 Å². The third kappa shape index (κ3) is 8.12. The summed E-state index contributed by atoms with van der Waals surface area (Å²) in [5.74, 6) is -0.337. The fourth-order valence-electron chi connectivity index (χ4n) is 1.74. The van der Waals surface area contributed by atoms with Gasteiger partial charge in [0.2, 0.25) is 5.91 Å². The summed E-state index contributed by atoms with van der Waals surface area (Å²) in [5, 5.41) is 46.3. The highest BCUT2D eigenvalue weighted by Gasteiger charge is 2.29. The number of nitrogens with two attached hydrogens (primary N) is 1. The van der Waals surface area contributed by atoms with Crippen molar-refractivity contribution in [1.29, 1.82) is 0 Å². The molecule has 4 unspecified atom stereocenters. The van der Waals surface area contributed by atoms with Crippen LogP contribution in [0, 0.1) is 0 Å². The summed E-state index contributed by atoms with van der Waals surface area (Å²) in [5.41, 5.74) is 4.99. The van der Waals surface area contributed by atoms with Gasteiger partial charge in [0.1, 0.15) is 18.3 Å². The number of unbranched alkanes of at least 4 members (excludes halogenated alkanes) is 3. The number of carbonyl (C=O) groups excluding carboxylic acids is 1. The first-order valence-corrected chi connectivity index (χ1v) is 6.51. The van der Waals surface area contributed by atoms with E-state index in [9.17, 15) is 20.1 Å². The molecule has 0 saturated heterocycles. The molecule has 0 aliphatic heterocycles. The van der Waals surface area contributed by atoms with Crippen molar-refractivity contribution in [2.24, 2.45) is 5.73 Å². The fourth-order valence-corrected chi connectivity index (χ4v) is 1.74. The lowest BCUT2D eigenvalue weighted by Crippen LogP contribution is -2.45. The first-order valence-electron chi connectivity index (χ1n) is 6.51. The van der Waals surface area contributed by atoms with E-state index in [1.807, 2.05) is 0 Å². The molecule has 4 atom stereocenters. The summed E-state index contributed by atoms with van der Waals surface area (Å²) in [6, 6.07) is 0. The Balaban J connectivity index is 3.73. The summed E-state index contributed by atoms with van der Waals surface area (Å²) >= 11 is 0. The molecule has 0 heterocycles. The van der Waals surface area contributed by atoms with Crippen LogP contribution in [0.4, 0.5) is 0 Å². The molecular formula is C12H25NO6. The van der Waals surface area contributed by atoms with E-state index < -0.39 is 31.0 Å². The second-order valence-corrected chi connectivity index (χ2v) is 4.72. The van der Waals surface area contributed by atoms with Crippen molar-refractivity contribution in [2.45, 2.75) is 62.9 Å². The van der Waals surface area contributed by atoms with Crippen LogP contribution in [0.1, 0.15) is 38.5 Å². The minimum atomic E-state index is -1.57. The molecular weight excluding hydrogens is 254 g/mol. The number of primary amides is 1. The second-order valence-electron chi connectivity index (χ2n) is 4.72. The predicted molar refractivity (Wildman–Crippen MR) is 68.0 cm³/mol. The second kappa shape index (κ2) is 10.1. The van der Waals surface area contributed by atoms with Gasteiger partial charge in [-0.25, -0.2) is 0 Å². The van der Waals surface area contributed by atoms with Gasteiger partial charge in [-0.2, -0.15) is 0 Å². The largest absolute Gasteiger partial charge is 0.394 e. The third-order valence-electron chi connectivity index (χ3n) is 3.00. The average Bonchev–Trinajstić information content (AvgIpc) is 2.39. The van der Waals surface area contributed by atoms with Gasteiger partial charge in [0.25, 0.3) is 0 Å². The van der Waals surface area contributed by atoms with Gasteiger partial charge < -0.3 is 31.3 Å². The molecule has 0 aromatic rings. The minimum Gasteiger partial charge on any atom is -0.394 e. The molecule has 1 amide bonds. The maximum atomic E-state index is 10.5. The van der Waals surface area contributed by atoms with Crippen LogP contribution in [0.2, 0.25) is 0 Å². The van der Waals surface area contributed by atoms with Gasteiger partial charge in [-0.05, 0) is 12.8 Å². The molecule has 114 valence electrons. The van der Waals surface area contributed by atoms with Gasteiger partial charge in [-0.1, -0.05) is 19.3 Å². The molecule has 0 rings (SSSR count). The SMILES string of the molecule is NC(=O)CCCCCCC(O)C(O)C(O)C(O)CO. The highest BCUT2D eigenvalue weighted by atomic mass is 16.4. The number of aliphatic hydroxyl groups excluding tert-OH is 5. The van der Waals surface area contributed by atoms with Crippen molar-refractivity contribution in [3.63, 3.8) is 0 Å². The summed E-state index contributed by atoms with van der Waals surface area (Å²) in [6.07, 6.45) is -2.20. The third-order valence-corrected chi connectivity index (χ3v) is 3.00. The average molecular weight is 279 g/mol. The Morgan fingerprint density at radius 2 is 1.42 bits per heavy atom. The van der Waals surface area contributed by atoms with Crippen molar-refractivity contribution in [3.8, 4) is 0 Å². The Morgan fingerprint density at radius 1 is 0.895 bits per heavy atom. The highest BCUT2D eigenvalue weighted by Crippen LogP contribution is 2.13. The lowest BCUT2D eigenvalue weighted by Gasteiger charge is -2.25. The Kier molecular flexibility index (Phi) is 9.72. The van der Waals surface area contributed by atoms with Crippen LogP contribution in [0.15, 0.2) is 0 Å². The van der Waals surface area contributed by atoms with Gasteiger partial charge >= 0.3 is 0 Å².